The summed E-state index contributed by atoms with van der Waals surface area (Å²) < 4.78 is 0.883. The Morgan fingerprint density at radius 1 is 1.56 bits per heavy atom. The lowest BCUT2D eigenvalue weighted by atomic mass is 10.1. The predicted octanol–water partition coefficient (Wildman–Crippen LogP) is 1.97. The summed E-state index contributed by atoms with van der Waals surface area (Å²) in [6, 6.07) is 5.40. The molecule has 0 aromatic heterocycles. The molecule has 0 spiro atoms. The van der Waals surface area contributed by atoms with Gasteiger partial charge in [-0.25, -0.2) is 0 Å². The minimum Gasteiger partial charge on any atom is -0.409 e. The van der Waals surface area contributed by atoms with Gasteiger partial charge in [0.05, 0.1) is 6.54 Å². The lowest BCUT2D eigenvalue weighted by Crippen LogP contribution is -2.38. The third kappa shape index (κ3) is 3.46. The number of nitrogens with two attached hydrogens (primary N) is 1. The molecule has 0 aliphatic heterocycles. The Labute approximate surface area is 114 Å². The lowest BCUT2D eigenvalue weighted by Gasteiger charge is -2.20. The van der Waals surface area contributed by atoms with E-state index in [9.17, 15) is 4.79 Å². The Bertz CT molecular complexity index is 474. The minimum atomic E-state index is -0.148. The first-order valence-corrected chi connectivity index (χ1v) is 6.30. The van der Waals surface area contributed by atoms with Gasteiger partial charge in [0.2, 0.25) is 0 Å². The van der Waals surface area contributed by atoms with Crippen molar-refractivity contribution in [3.05, 3.63) is 33.8 Å². The van der Waals surface area contributed by atoms with Gasteiger partial charge >= 0.3 is 0 Å². The van der Waals surface area contributed by atoms with Gasteiger partial charge in [-0.1, -0.05) is 27.2 Å². The first-order valence-electron chi connectivity index (χ1n) is 5.51. The van der Waals surface area contributed by atoms with Crippen molar-refractivity contribution in [2.45, 2.75) is 13.8 Å². The number of benzene rings is 1. The smallest absolute Gasteiger partial charge is 0.254 e. The van der Waals surface area contributed by atoms with Crippen LogP contribution in [0.1, 0.15) is 22.8 Å². The van der Waals surface area contributed by atoms with E-state index < -0.39 is 0 Å². The summed E-state index contributed by atoms with van der Waals surface area (Å²) in [4.78, 5) is 13.7. The molecule has 0 radical (unpaired) electrons. The van der Waals surface area contributed by atoms with Crippen molar-refractivity contribution in [3.63, 3.8) is 0 Å². The second-order valence-corrected chi connectivity index (χ2v) is 4.73. The fraction of sp³-hybridized carbons (Fsp3) is 0.333. The molecule has 0 aliphatic carbocycles. The SMILES string of the molecule is CCN(C/C(N)=N/O)C(=O)c1ccc(C)c(Br)c1. The summed E-state index contributed by atoms with van der Waals surface area (Å²) in [5.41, 5.74) is 7.05. The number of carbonyl (C=O) groups excluding carboxylic acids is 1. The Hall–Kier alpha value is -1.56. The van der Waals surface area contributed by atoms with Crippen molar-refractivity contribution in [1.29, 1.82) is 0 Å². The molecule has 0 atom stereocenters. The number of aryl methyl sites for hydroxylation is 1. The maximum atomic E-state index is 12.2. The summed E-state index contributed by atoms with van der Waals surface area (Å²) in [5.74, 6) is -0.138. The molecular weight excluding hydrogens is 298 g/mol. The number of likely N-dealkylation sites (N-methyl/N-ethyl adjacent to an activating group) is 1. The molecule has 1 aromatic carbocycles. The first kappa shape index (κ1) is 14.5. The van der Waals surface area contributed by atoms with Crippen LogP contribution in [0.25, 0.3) is 0 Å². The zero-order chi connectivity index (χ0) is 13.7. The van der Waals surface area contributed by atoms with Crippen LogP contribution in [0, 0.1) is 6.92 Å². The van der Waals surface area contributed by atoms with Crippen molar-refractivity contribution < 1.29 is 10.0 Å². The van der Waals surface area contributed by atoms with Crippen molar-refractivity contribution in [1.82, 2.24) is 4.90 Å². The molecule has 0 saturated carbocycles. The number of amides is 1. The molecule has 0 aliphatic rings. The van der Waals surface area contributed by atoms with E-state index in [-0.39, 0.29) is 18.3 Å². The van der Waals surface area contributed by atoms with Crippen LogP contribution in [0.2, 0.25) is 0 Å². The van der Waals surface area contributed by atoms with Crippen LogP contribution >= 0.6 is 15.9 Å². The zero-order valence-corrected chi connectivity index (χ0v) is 11.9. The second-order valence-electron chi connectivity index (χ2n) is 3.87. The first-order chi connectivity index (χ1) is 8.49. The van der Waals surface area contributed by atoms with Gasteiger partial charge in [-0.3, -0.25) is 4.79 Å². The average molecular weight is 314 g/mol. The topological polar surface area (TPSA) is 78.9 Å². The lowest BCUT2D eigenvalue weighted by molar-refractivity contribution is 0.0786. The number of nitrogens with zero attached hydrogens (tertiary/aromatic N) is 2. The average Bonchev–Trinajstić information content (AvgIpc) is 2.38. The van der Waals surface area contributed by atoms with Crippen LogP contribution in [-0.2, 0) is 0 Å². The van der Waals surface area contributed by atoms with E-state index in [4.69, 9.17) is 10.9 Å². The van der Waals surface area contributed by atoms with Gasteiger partial charge in [0.1, 0.15) is 0 Å². The molecule has 98 valence electrons. The van der Waals surface area contributed by atoms with Crippen molar-refractivity contribution >= 4 is 27.7 Å². The van der Waals surface area contributed by atoms with E-state index in [1.165, 1.54) is 4.90 Å². The Morgan fingerprint density at radius 3 is 2.72 bits per heavy atom. The molecule has 0 bridgehead atoms. The van der Waals surface area contributed by atoms with Crippen LogP contribution < -0.4 is 5.73 Å². The highest BCUT2D eigenvalue weighted by Crippen LogP contribution is 2.18. The second kappa shape index (κ2) is 6.39. The number of carbonyl (C=O) groups is 1. The minimum absolute atomic E-state index is 0.0105. The number of halogens is 1. The van der Waals surface area contributed by atoms with Crippen LogP contribution in [0.15, 0.2) is 27.8 Å². The van der Waals surface area contributed by atoms with E-state index in [0.717, 1.165) is 10.0 Å². The van der Waals surface area contributed by atoms with Gasteiger partial charge in [0.15, 0.2) is 5.84 Å². The van der Waals surface area contributed by atoms with Crippen LogP contribution in [0.3, 0.4) is 0 Å². The standard InChI is InChI=1S/C12H16BrN3O2/c1-3-16(7-11(14)15-18)12(17)9-5-4-8(2)10(13)6-9/h4-6,18H,3,7H2,1-2H3,(H2,14,15). The van der Waals surface area contributed by atoms with E-state index in [1.807, 2.05) is 19.9 Å². The Kier molecular flexibility index (Phi) is 5.15. The van der Waals surface area contributed by atoms with Crippen molar-refractivity contribution in [2.24, 2.45) is 10.9 Å². The molecular formula is C12H16BrN3O2. The maximum Gasteiger partial charge on any atom is 0.254 e. The fourth-order valence-corrected chi connectivity index (χ4v) is 1.84. The van der Waals surface area contributed by atoms with E-state index >= 15 is 0 Å². The maximum absolute atomic E-state index is 12.2. The van der Waals surface area contributed by atoms with E-state index in [1.54, 1.807) is 12.1 Å². The van der Waals surface area contributed by atoms with Crippen LogP contribution in [0.5, 0.6) is 0 Å². The quantitative estimate of drug-likeness (QED) is 0.386. The van der Waals surface area contributed by atoms with Gasteiger partial charge in [0, 0.05) is 16.6 Å². The van der Waals surface area contributed by atoms with Crippen molar-refractivity contribution in [2.75, 3.05) is 13.1 Å². The molecule has 18 heavy (non-hydrogen) atoms. The fourth-order valence-electron chi connectivity index (χ4n) is 1.46. The van der Waals surface area contributed by atoms with Gasteiger partial charge in [-0.2, -0.15) is 0 Å². The monoisotopic (exact) mass is 313 g/mol. The number of hydrogen-bond acceptors (Lipinski definition) is 3. The van der Waals surface area contributed by atoms with E-state index in [0.29, 0.717) is 12.1 Å². The Morgan fingerprint density at radius 2 is 2.22 bits per heavy atom. The summed E-state index contributed by atoms with van der Waals surface area (Å²) >= 11 is 3.39. The number of amidine groups is 1. The third-order valence-corrected chi connectivity index (χ3v) is 3.42. The third-order valence-electron chi connectivity index (χ3n) is 2.57. The molecule has 3 N–H and O–H groups in total. The largest absolute Gasteiger partial charge is 0.409 e. The number of oxime groups is 1. The highest BCUT2D eigenvalue weighted by atomic mass is 79.9. The summed E-state index contributed by atoms with van der Waals surface area (Å²) in [6.07, 6.45) is 0. The Balaban J connectivity index is 2.93. The van der Waals surface area contributed by atoms with Gasteiger partial charge in [-0.15, -0.1) is 0 Å². The molecule has 0 fully saturated rings. The molecule has 6 heteroatoms. The zero-order valence-electron chi connectivity index (χ0n) is 10.4. The van der Waals surface area contributed by atoms with E-state index in [2.05, 4.69) is 21.1 Å². The molecule has 0 heterocycles. The summed E-state index contributed by atoms with van der Waals surface area (Å²) in [5, 5.41) is 11.4. The van der Waals surface area contributed by atoms with Crippen LogP contribution in [0.4, 0.5) is 0 Å². The number of hydrogen-bond donors (Lipinski definition) is 2. The van der Waals surface area contributed by atoms with Gasteiger partial charge < -0.3 is 15.8 Å². The van der Waals surface area contributed by atoms with Gasteiger partial charge in [0.25, 0.3) is 5.91 Å². The molecule has 0 unspecified atom stereocenters. The summed E-state index contributed by atoms with van der Waals surface area (Å²) in [7, 11) is 0. The molecule has 1 amide bonds. The van der Waals surface area contributed by atoms with Crippen molar-refractivity contribution in [3.8, 4) is 0 Å². The predicted molar refractivity (Wildman–Crippen MR) is 73.9 cm³/mol. The summed E-state index contributed by atoms with van der Waals surface area (Å²) in [6.45, 7) is 4.38. The van der Waals surface area contributed by atoms with Gasteiger partial charge in [-0.05, 0) is 31.5 Å². The molecule has 1 aromatic rings. The molecule has 5 nitrogen and oxygen atoms in total. The highest BCUT2D eigenvalue weighted by Gasteiger charge is 2.16. The molecule has 0 saturated heterocycles. The number of rotatable bonds is 4. The highest BCUT2D eigenvalue weighted by molar-refractivity contribution is 9.10. The normalized spacial score (nSPS) is 11.4. The molecule has 1 rings (SSSR count). The van der Waals surface area contributed by atoms with Crippen LogP contribution in [-0.4, -0.2) is 34.9 Å².